The fraction of sp³-hybridized carbons (Fsp3) is 0.425. The van der Waals surface area contributed by atoms with Crippen LogP contribution in [0.2, 0.25) is 0 Å². The molecular formula is C73H80BN2O2S. The van der Waals surface area contributed by atoms with Gasteiger partial charge in [0.2, 0.25) is 7.28 Å². The molecule has 3 aromatic heterocycles. The van der Waals surface area contributed by atoms with Crippen molar-refractivity contribution < 1.29 is 8.83 Å². The molecule has 0 saturated heterocycles. The van der Waals surface area contributed by atoms with Crippen molar-refractivity contribution in [2.24, 2.45) is 0 Å². The normalized spacial score (nSPS) is 20.9. The van der Waals surface area contributed by atoms with Crippen molar-refractivity contribution in [1.29, 1.82) is 0 Å². The second-order valence-corrected chi connectivity index (χ2v) is 29.9. The summed E-state index contributed by atoms with van der Waals surface area (Å²) in [5, 5.41) is 10.1. The van der Waals surface area contributed by atoms with Crippen LogP contribution in [-0.4, -0.2) is 13.3 Å². The lowest BCUT2D eigenvalue weighted by atomic mass is 9.61. The number of furan rings is 2. The highest BCUT2D eigenvalue weighted by Crippen LogP contribution is 2.55. The van der Waals surface area contributed by atoms with Crippen LogP contribution in [0.5, 0.6) is 0 Å². The second-order valence-electron chi connectivity index (χ2n) is 28.9. The van der Waals surface area contributed by atoms with Crippen molar-refractivity contribution in [3.05, 3.63) is 142 Å². The molecule has 6 aromatic carbocycles. The minimum Gasteiger partial charge on any atom is -0.456 e. The number of nitrogens with zero attached hydrogens (tertiary/aromatic N) is 1. The van der Waals surface area contributed by atoms with Gasteiger partial charge in [-0.15, -0.1) is 11.3 Å². The molecule has 0 amide bonds. The molecule has 1 unspecified atom stereocenters. The average molecular weight is 1060 g/mol. The van der Waals surface area contributed by atoms with Gasteiger partial charge < -0.3 is 19.1 Å². The van der Waals surface area contributed by atoms with Gasteiger partial charge in [-0.05, 0) is 194 Å². The van der Waals surface area contributed by atoms with Crippen LogP contribution in [-0.2, 0) is 32.5 Å². The standard InChI is InChI=1S/C73H80BN2O2S/c1-14-15-16-19-42-22-24-43(25-23-42)75-58-41-61-47(48-37-54-56(39-60(48)77-61)72(10,11)32-30-70(54,6)7)35-46(58)49-36-50-45-20-17-18-21-59(45)78-66(50)65-63(49)74-67-64(51-38-55-57(40-62(51)79-67)73(12,13)33-31-71(55,8)9)76(65)44-26-27-52-53(34-44)69(4,5)29-28-68(52,2)3/h17-18,20-24,26-27,34-41,43,75H,14-16,19,25,28-33H2,1-13H3. The first-order chi connectivity index (χ1) is 37.5. The molecule has 14 rings (SSSR count). The Morgan fingerprint density at radius 2 is 1.15 bits per heavy atom. The third kappa shape index (κ3) is 8.01. The van der Waals surface area contributed by atoms with E-state index in [1.165, 1.54) is 126 Å². The summed E-state index contributed by atoms with van der Waals surface area (Å²) in [5.41, 5.74) is 22.5. The summed E-state index contributed by atoms with van der Waals surface area (Å²) < 4.78 is 17.1. The molecule has 5 aliphatic rings. The van der Waals surface area contributed by atoms with Gasteiger partial charge in [-0.3, -0.25) is 0 Å². The maximum absolute atomic E-state index is 7.33. The Labute approximate surface area is 474 Å². The summed E-state index contributed by atoms with van der Waals surface area (Å²) in [4.78, 5) is 2.66. The van der Waals surface area contributed by atoms with E-state index in [9.17, 15) is 0 Å². The van der Waals surface area contributed by atoms with E-state index in [2.05, 4.69) is 211 Å². The number of fused-ring (bicyclic) bond motifs is 14. The number of hydrogen-bond donors (Lipinski definition) is 1. The summed E-state index contributed by atoms with van der Waals surface area (Å²) in [6.07, 6.45) is 20.1. The quantitative estimate of drug-likeness (QED) is 0.122. The van der Waals surface area contributed by atoms with Crippen LogP contribution < -0.4 is 20.5 Å². The smallest absolute Gasteiger partial charge is 0.212 e. The second kappa shape index (κ2) is 17.5. The minimum atomic E-state index is 0.0168. The van der Waals surface area contributed by atoms with Crippen LogP contribution >= 0.6 is 11.3 Å². The molecule has 1 radical (unpaired) electrons. The van der Waals surface area contributed by atoms with Crippen LogP contribution in [0.25, 0.3) is 65.1 Å². The molecule has 0 spiro atoms. The Hall–Kier alpha value is -5.98. The number of hydrogen-bond acceptors (Lipinski definition) is 5. The number of benzene rings is 6. The summed E-state index contributed by atoms with van der Waals surface area (Å²) in [7, 11) is 2.54. The van der Waals surface area contributed by atoms with Crippen molar-refractivity contribution in [2.45, 2.75) is 199 Å². The molecule has 0 saturated carbocycles. The van der Waals surface area contributed by atoms with E-state index in [1.807, 2.05) is 11.3 Å². The van der Waals surface area contributed by atoms with E-state index in [-0.39, 0.29) is 38.5 Å². The number of allylic oxidation sites excluding steroid dienone is 2. The molecule has 0 fully saturated rings. The first kappa shape index (κ1) is 51.2. The largest absolute Gasteiger partial charge is 0.456 e. The van der Waals surface area contributed by atoms with Crippen molar-refractivity contribution in [3.63, 3.8) is 0 Å². The van der Waals surface area contributed by atoms with E-state index in [0.717, 1.165) is 82.0 Å². The van der Waals surface area contributed by atoms with Gasteiger partial charge in [-0.2, -0.15) is 0 Å². The summed E-state index contributed by atoms with van der Waals surface area (Å²) in [5.74, 6) is 0. The molecule has 1 atom stereocenters. The number of thiophene rings is 1. The number of para-hydroxylation sites is 1. The van der Waals surface area contributed by atoms with E-state index >= 15 is 0 Å². The molecule has 4 aliphatic carbocycles. The molecular weight excluding hydrogens is 980 g/mol. The fourth-order valence-electron chi connectivity index (χ4n) is 15.1. The van der Waals surface area contributed by atoms with Crippen LogP contribution in [0, 0.1) is 0 Å². The molecule has 403 valence electrons. The van der Waals surface area contributed by atoms with Crippen LogP contribution in [0.15, 0.2) is 118 Å². The highest BCUT2D eigenvalue weighted by molar-refractivity contribution is 7.29. The van der Waals surface area contributed by atoms with E-state index in [1.54, 1.807) is 0 Å². The first-order valence-corrected chi connectivity index (χ1v) is 30.9. The number of anilines is 4. The summed E-state index contributed by atoms with van der Waals surface area (Å²) >= 11 is 1.96. The molecule has 0 bridgehead atoms. The van der Waals surface area contributed by atoms with Gasteiger partial charge in [0, 0.05) is 60.7 Å². The molecule has 9 aromatic rings. The summed E-state index contributed by atoms with van der Waals surface area (Å²) in [6.45, 7) is 31.7. The highest BCUT2D eigenvalue weighted by Gasteiger charge is 2.43. The van der Waals surface area contributed by atoms with Gasteiger partial charge in [-0.1, -0.05) is 151 Å². The Morgan fingerprint density at radius 1 is 0.557 bits per heavy atom. The predicted octanol–water partition coefficient (Wildman–Crippen LogP) is 20.1. The zero-order valence-electron chi connectivity index (χ0n) is 49.4. The molecule has 1 N–H and O–H groups in total. The Balaban J connectivity index is 1.07. The molecule has 4 nitrogen and oxygen atoms in total. The average Bonchev–Trinajstić information content (AvgIpc) is 4.34. The van der Waals surface area contributed by atoms with Gasteiger partial charge in [0.25, 0.3) is 0 Å². The topological polar surface area (TPSA) is 41.6 Å². The van der Waals surface area contributed by atoms with Crippen molar-refractivity contribution in [2.75, 3.05) is 10.2 Å². The minimum absolute atomic E-state index is 0.0168. The van der Waals surface area contributed by atoms with E-state index in [4.69, 9.17) is 8.83 Å². The number of nitrogens with one attached hydrogen (secondary N) is 1. The number of rotatable bonds is 8. The van der Waals surface area contributed by atoms with Crippen LogP contribution in [0.3, 0.4) is 0 Å². The van der Waals surface area contributed by atoms with E-state index in [0.29, 0.717) is 0 Å². The summed E-state index contributed by atoms with van der Waals surface area (Å²) in [6, 6.07) is 33.7. The van der Waals surface area contributed by atoms with Gasteiger partial charge >= 0.3 is 0 Å². The predicted molar refractivity (Wildman–Crippen MR) is 341 cm³/mol. The van der Waals surface area contributed by atoms with Crippen LogP contribution in [0.1, 0.15) is 194 Å². The molecule has 6 heteroatoms. The van der Waals surface area contributed by atoms with Gasteiger partial charge in [0.15, 0.2) is 5.58 Å². The van der Waals surface area contributed by atoms with Crippen molar-refractivity contribution >= 4 is 106 Å². The zero-order valence-corrected chi connectivity index (χ0v) is 50.2. The molecule has 1 aliphatic heterocycles. The van der Waals surface area contributed by atoms with E-state index < -0.39 is 0 Å². The fourth-order valence-corrected chi connectivity index (χ4v) is 16.3. The van der Waals surface area contributed by atoms with Gasteiger partial charge in [-0.25, -0.2) is 0 Å². The van der Waals surface area contributed by atoms with Gasteiger partial charge in [0.05, 0.1) is 11.4 Å². The van der Waals surface area contributed by atoms with Crippen LogP contribution in [0.4, 0.5) is 22.7 Å². The Morgan fingerprint density at radius 3 is 1.82 bits per heavy atom. The highest BCUT2D eigenvalue weighted by atomic mass is 32.1. The Bertz CT molecular complexity index is 4100. The van der Waals surface area contributed by atoms with Gasteiger partial charge in [0.1, 0.15) is 16.7 Å². The third-order valence-corrected chi connectivity index (χ3v) is 21.7. The van der Waals surface area contributed by atoms with Crippen molar-refractivity contribution in [3.8, 4) is 11.1 Å². The Kier molecular flexibility index (Phi) is 11.3. The molecule has 4 heterocycles. The zero-order chi connectivity index (χ0) is 54.9. The lowest BCUT2D eigenvalue weighted by molar-refractivity contribution is 0.332. The maximum atomic E-state index is 7.33. The first-order valence-electron chi connectivity index (χ1n) is 30.1. The number of unbranched alkanes of at least 4 members (excludes halogenated alkanes) is 2. The maximum Gasteiger partial charge on any atom is 0.212 e. The molecule has 79 heavy (non-hydrogen) atoms. The lowest BCUT2D eigenvalue weighted by Crippen LogP contribution is -2.40. The van der Waals surface area contributed by atoms with Crippen molar-refractivity contribution in [1.82, 2.24) is 0 Å². The third-order valence-electron chi connectivity index (χ3n) is 20.6. The monoisotopic (exact) mass is 1060 g/mol. The lowest BCUT2D eigenvalue weighted by Gasteiger charge is -2.43. The SMILES string of the molecule is CCCCCC1=CCC(Nc2cc3oc4cc5c(cc4c3cc2-c2cc3c(oc4ccccc43)c3c2[B]c2sc4cc6c(cc4c2N3c2ccc3c(c2)C(C)(C)CCC3(C)C)C(C)(C)CCC6(C)C)C(C)(C)CCC5(C)C)C=C1.